The van der Waals surface area contributed by atoms with Crippen LogP contribution in [0.4, 0.5) is 0 Å². The number of hydrogen-bond donors (Lipinski definition) is 2. The standard InChI is InChI=1S/C13H25NO3/c1-11(2)10-12(14-17)8-6-4-3-5-7-9-13(15)16/h11,17H,3-10H2,1-2H3,(H,15,16)/b14-12-. The van der Waals surface area contributed by atoms with Crippen LogP contribution < -0.4 is 0 Å². The van der Waals surface area contributed by atoms with E-state index in [1.54, 1.807) is 0 Å². The first-order valence-electron chi connectivity index (χ1n) is 6.47. The minimum atomic E-state index is -0.711. The molecule has 0 aliphatic rings. The normalized spacial score (nSPS) is 12.1. The van der Waals surface area contributed by atoms with E-state index in [2.05, 4.69) is 19.0 Å². The lowest BCUT2D eigenvalue weighted by Crippen LogP contribution is -2.03. The van der Waals surface area contributed by atoms with Crippen molar-refractivity contribution in [2.75, 3.05) is 0 Å². The Morgan fingerprint density at radius 2 is 1.59 bits per heavy atom. The Hall–Kier alpha value is -1.06. The van der Waals surface area contributed by atoms with Gasteiger partial charge in [0.25, 0.3) is 0 Å². The molecule has 0 aromatic heterocycles. The van der Waals surface area contributed by atoms with Gasteiger partial charge in [0.2, 0.25) is 0 Å². The fraction of sp³-hybridized carbons (Fsp3) is 0.846. The van der Waals surface area contributed by atoms with Crippen LogP contribution in [0.15, 0.2) is 5.16 Å². The second-order valence-corrected chi connectivity index (χ2v) is 4.93. The molecule has 0 aliphatic heterocycles. The maximum Gasteiger partial charge on any atom is 0.303 e. The minimum absolute atomic E-state index is 0.275. The van der Waals surface area contributed by atoms with Gasteiger partial charge in [0, 0.05) is 6.42 Å². The molecular weight excluding hydrogens is 218 g/mol. The van der Waals surface area contributed by atoms with Crippen molar-refractivity contribution in [3.8, 4) is 0 Å². The summed E-state index contributed by atoms with van der Waals surface area (Å²) in [6, 6.07) is 0. The molecule has 0 amide bonds. The van der Waals surface area contributed by atoms with Gasteiger partial charge < -0.3 is 10.3 Å². The summed E-state index contributed by atoms with van der Waals surface area (Å²) in [7, 11) is 0. The Labute approximate surface area is 104 Å². The van der Waals surface area contributed by atoms with Crippen LogP contribution in [0.3, 0.4) is 0 Å². The Morgan fingerprint density at radius 1 is 1.06 bits per heavy atom. The molecule has 4 nitrogen and oxygen atoms in total. The van der Waals surface area contributed by atoms with Crippen LogP contribution in [0, 0.1) is 5.92 Å². The lowest BCUT2D eigenvalue weighted by atomic mass is 10.0. The van der Waals surface area contributed by atoms with Gasteiger partial charge in [-0.1, -0.05) is 38.3 Å². The number of carboxylic acid groups (broad SMARTS) is 1. The van der Waals surface area contributed by atoms with E-state index >= 15 is 0 Å². The van der Waals surface area contributed by atoms with Crippen LogP contribution >= 0.6 is 0 Å². The zero-order valence-electron chi connectivity index (χ0n) is 11.0. The molecule has 100 valence electrons. The highest BCUT2D eigenvalue weighted by molar-refractivity contribution is 5.83. The van der Waals surface area contributed by atoms with E-state index in [-0.39, 0.29) is 6.42 Å². The lowest BCUT2D eigenvalue weighted by molar-refractivity contribution is -0.137. The molecule has 0 aromatic rings. The minimum Gasteiger partial charge on any atom is -0.481 e. The number of nitrogens with zero attached hydrogens (tertiary/aromatic N) is 1. The molecule has 2 N–H and O–H groups in total. The number of unbranched alkanes of at least 4 members (excludes halogenated alkanes) is 4. The Kier molecular flexibility index (Phi) is 9.49. The predicted molar refractivity (Wildman–Crippen MR) is 68.6 cm³/mol. The molecule has 0 aromatic carbocycles. The molecule has 0 aliphatic carbocycles. The zero-order chi connectivity index (χ0) is 13.1. The van der Waals surface area contributed by atoms with E-state index < -0.39 is 5.97 Å². The number of carbonyl (C=O) groups is 1. The molecule has 0 radical (unpaired) electrons. The van der Waals surface area contributed by atoms with E-state index in [9.17, 15) is 4.79 Å². The van der Waals surface area contributed by atoms with Crippen LogP contribution in [0.2, 0.25) is 0 Å². The van der Waals surface area contributed by atoms with Crippen LogP contribution in [0.1, 0.15) is 65.2 Å². The first-order valence-corrected chi connectivity index (χ1v) is 6.47. The maximum atomic E-state index is 10.3. The molecule has 17 heavy (non-hydrogen) atoms. The highest BCUT2D eigenvalue weighted by Crippen LogP contribution is 2.11. The van der Waals surface area contributed by atoms with Gasteiger partial charge in [-0.25, -0.2) is 0 Å². The molecule has 0 rings (SSSR count). The van der Waals surface area contributed by atoms with Gasteiger partial charge in [0.1, 0.15) is 0 Å². The molecule has 0 spiro atoms. The number of oxime groups is 1. The summed E-state index contributed by atoms with van der Waals surface area (Å²) in [5.74, 6) is -0.187. The van der Waals surface area contributed by atoms with Crippen molar-refractivity contribution in [1.82, 2.24) is 0 Å². The quantitative estimate of drug-likeness (QED) is 0.266. The highest BCUT2D eigenvalue weighted by atomic mass is 16.4. The van der Waals surface area contributed by atoms with E-state index in [4.69, 9.17) is 10.3 Å². The van der Waals surface area contributed by atoms with Crippen molar-refractivity contribution in [3.63, 3.8) is 0 Å². The Morgan fingerprint density at radius 3 is 2.06 bits per heavy atom. The first kappa shape index (κ1) is 15.9. The molecule has 0 saturated heterocycles. The van der Waals surface area contributed by atoms with E-state index in [1.165, 1.54) is 0 Å². The Balaban J connectivity index is 3.40. The maximum absolute atomic E-state index is 10.3. The average Bonchev–Trinajstić information content (AvgIpc) is 2.25. The summed E-state index contributed by atoms with van der Waals surface area (Å²) in [6.07, 6.45) is 6.90. The molecule has 0 unspecified atom stereocenters. The van der Waals surface area contributed by atoms with Crippen molar-refractivity contribution in [2.24, 2.45) is 11.1 Å². The van der Waals surface area contributed by atoms with Crippen molar-refractivity contribution >= 4 is 11.7 Å². The molecule has 0 saturated carbocycles. The van der Waals surface area contributed by atoms with Crippen molar-refractivity contribution in [3.05, 3.63) is 0 Å². The number of rotatable bonds is 10. The van der Waals surface area contributed by atoms with Crippen LogP contribution in [-0.2, 0) is 4.79 Å². The monoisotopic (exact) mass is 243 g/mol. The van der Waals surface area contributed by atoms with E-state index in [0.29, 0.717) is 5.92 Å². The van der Waals surface area contributed by atoms with Gasteiger partial charge in [-0.15, -0.1) is 0 Å². The van der Waals surface area contributed by atoms with Gasteiger partial charge >= 0.3 is 5.97 Å². The van der Waals surface area contributed by atoms with Gasteiger partial charge in [-0.2, -0.15) is 0 Å². The zero-order valence-corrected chi connectivity index (χ0v) is 11.0. The first-order chi connectivity index (χ1) is 8.06. The van der Waals surface area contributed by atoms with Gasteiger partial charge in [-0.3, -0.25) is 4.79 Å². The van der Waals surface area contributed by atoms with Crippen molar-refractivity contribution in [1.29, 1.82) is 0 Å². The SMILES string of the molecule is CC(C)C/C(CCCCCCCC(=O)O)=N\O. The summed E-state index contributed by atoms with van der Waals surface area (Å²) < 4.78 is 0. The number of carboxylic acids is 1. The van der Waals surface area contributed by atoms with Gasteiger partial charge in [0.05, 0.1) is 5.71 Å². The number of aliphatic carboxylic acids is 1. The largest absolute Gasteiger partial charge is 0.481 e. The molecule has 0 atom stereocenters. The van der Waals surface area contributed by atoms with Crippen molar-refractivity contribution < 1.29 is 15.1 Å². The molecule has 0 bridgehead atoms. The fourth-order valence-corrected chi connectivity index (χ4v) is 1.80. The van der Waals surface area contributed by atoms with Crippen LogP contribution in [0.25, 0.3) is 0 Å². The van der Waals surface area contributed by atoms with Crippen LogP contribution in [-0.4, -0.2) is 22.0 Å². The summed E-state index contributed by atoms with van der Waals surface area (Å²) in [5, 5.41) is 20.6. The topological polar surface area (TPSA) is 69.9 Å². The summed E-state index contributed by atoms with van der Waals surface area (Å²) >= 11 is 0. The highest BCUT2D eigenvalue weighted by Gasteiger charge is 2.03. The van der Waals surface area contributed by atoms with Gasteiger partial charge in [0.15, 0.2) is 0 Å². The third-order valence-corrected chi connectivity index (χ3v) is 2.64. The van der Waals surface area contributed by atoms with E-state index in [0.717, 1.165) is 50.7 Å². The van der Waals surface area contributed by atoms with Crippen LogP contribution in [0.5, 0.6) is 0 Å². The molecule has 0 fully saturated rings. The fourth-order valence-electron chi connectivity index (χ4n) is 1.80. The number of hydrogen-bond acceptors (Lipinski definition) is 3. The lowest BCUT2D eigenvalue weighted by Gasteiger charge is -2.06. The summed E-state index contributed by atoms with van der Waals surface area (Å²) in [5.41, 5.74) is 0.880. The second kappa shape index (κ2) is 10.1. The third kappa shape index (κ3) is 11.2. The van der Waals surface area contributed by atoms with E-state index in [1.807, 2.05) is 0 Å². The Bertz CT molecular complexity index is 237. The summed E-state index contributed by atoms with van der Waals surface area (Å²) in [4.78, 5) is 10.3. The average molecular weight is 243 g/mol. The third-order valence-electron chi connectivity index (χ3n) is 2.64. The predicted octanol–water partition coefficient (Wildman–Crippen LogP) is 3.68. The molecular formula is C13H25NO3. The van der Waals surface area contributed by atoms with Crippen molar-refractivity contribution in [2.45, 2.75) is 65.2 Å². The second-order valence-electron chi connectivity index (χ2n) is 4.93. The smallest absolute Gasteiger partial charge is 0.303 e. The molecule has 0 heterocycles. The summed E-state index contributed by atoms with van der Waals surface area (Å²) in [6.45, 7) is 4.22. The molecule has 4 heteroatoms. The van der Waals surface area contributed by atoms with Gasteiger partial charge in [-0.05, 0) is 31.6 Å².